The Labute approximate surface area is 353 Å². The van der Waals surface area contributed by atoms with Crippen molar-refractivity contribution in [2.24, 2.45) is 5.92 Å². The third-order valence-corrected chi connectivity index (χ3v) is 12.9. The minimum Gasteiger partial charge on any atom is -0.488 e. The first kappa shape index (κ1) is 41.6. The van der Waals surface area contributed by atoms with Gasteiger partial charge in [0, 0.05) is 37.2 Å². The molecule has 0 unspecified atom stereocenters. The van der Waals surface area contributed by atoms with Gasteiger partial charge in [0.15, 0.2) is 0 Å². The molecular weight excluding hydrogens is 781 g/mol. The number of likely N-dealkylation sites (N-methyl/N-ethyl adjacent to an activating group) is 1. The maximum atomic E-state index is 14.0. The predicted molar refractivity (Wildman–Crippen MR) is 228 cm³/mol. The summed E-state index contributed by atoms with van der Waals surface area (Å²) in [5.74, 6) is 1.43. The van der Waals surface area contributed by atoms with Crippen LogP contribution in [0.2, 0.25) is 0 Å². The molecule has 8 rings (SSSR count). The Morgan fingerprint density at radius 1 is 0.902 bits per heavy atom. The molecule has 16 heteroatoms. The molecule has 2 aromatic heterocycles. The highest BCUT2D eigenvalue weighted by molar-refractivity contribution is 6.07. The molecule has 4 N–H and O–H groups in total. The van der Waals surface area contributed by atoms with Crippen LogP contribution in [0.15, 0.2) is 48.7 Å². The summed E-state index contributed by atoms with van der Waals surface area (Å²) < 4.78 is 16.7. The number of alkyl carbamates (subject to hydrolysis) is 1. The predicted octanol–water partition coefficient (Wildman–Crippen LogP) is 7.16. The monoisotopic (exact) mass is 834 g/mol. The molecule has 16 nitrogen and oxygen atoms in total. The molecule has 5 heterocycles. The number of carboxylic acid groups (broad SMARTS) is 1. The van der Waals surface area contributed by atoms with Crippen LogP contribution in [-0.2, 0) is 25.7 Å². The van der Waals surface area contributed by atoms with Gasteiger partial charge in [0.05, 0.1) is 48.2 Å². The standard InChI is InChI=1S/C45H54N8O8/c1-22(2)39(51(6)45(57)58)43(55)53-24(4)9-15-34(53)40-46-20-33(48-40)27-11-13-29-28(17-27)21-61-36-19-30-26(18-31(29)36)12-14-32-38(30)49-41(47-32)35-16-10-23(3)52(35)42(54)37(25(5)59-7)50-44(56)60-8/h11-14,17-20,22-25,34-35,37,39H,9-10,15-16,21H2,1-8H3,(H,46,48)(H,47,49)(H,50,56)(H,57,58)/t23-,24-,25-,34-,35-,37-,39-/m0/s1. The van der Waals surface area contributed by atoms with Crippen LogP contribution in [0, 0.1) is 5.92 Å². The zero-order valence-electron chi connectivity index (χ0n) is 35.8. The van der Waals surface area contributed by atoms with Gasteiger partial charge in [-0.2, -0.15) is 0 Å². The number of nitrogens with one attached hydrogen (secondary N) is 3. The Hall–Kier alpha value is -6.16. The van der Waals surface area contributed by atoms with Crippen molar-refractivity contribution in [1.29, 1.82) is 0 Å². The number of hydrogen-bond acceptors (Lipinski definition) is 9. The summed E-state index contributed by atoms with van der Waals surface area (Å²) in [6, 6.07) is 12.0. The third kappa shape index (κ3) is 7.40. The van der Waals surface area contributed by atoms with Crippen LogP contribution in [0.3, 0.4) is 0 Å². The van der Waals surface area contributed by atoms with Crippen LogP contribution in [0.1, 0.15) is 89.6 Å². The first-order valence-electron chi connectivity index (χ1n) is 21.0. The molecule has 61 heavy (non-hydrogen) atoms. The van der Waals surface area contributed by atoms with Gasteiger partial charge >= 0.3 is 12.2 Å². The number of H-pyrrole nitrogens is 2. The summed E-state index contributed by atoms with van der Waals surface area (Å²) in [6.07, 6.45) is 2.36. The van der Waals surface area contributed by atoms with Gasteiger partial charge in [-0.1, -0.05) is 32.0 Å². The molecule has 2 fully saturated rings. The van der Waals surface area contributed by atoms with Crippen molar-refractivity contribution in [3.63, 3.8) is 0 Å². The van der Waals surface area contributed by atoms with Crippen LogP contribution in [0.25, 0.3) is 44.2 Å². The fourth-order valence-corrected chi connectivity index (χ4v) is 9.57. The Bertz CT molecular complexity index is 2510. The summed E-state index contributed by atoms with van der Waals surface area (Å²) in [4.78, 5) is 73.5. The topological polar surface area (TPSA) is 195 Å². The average molecular weight is 835 g/mol. The number of carbonyl (C=O) groups excluding carboxylic acids is 3. The molecule has 0 spiro atoms. The van der Waals surface area contributed by atoms with Crippen LogP contribution < -0.4 is 10.1 Å². The number of aromatic nitrogens is 4. The van der Waals surface area contributed by atoms with E-state index in [1.165, 1.54) is 21.3 Å². The van der Waals surface area contributed by atoms with E-state index in [2.05, 4.69) is 51.7 Å². The van der Waals surface area contributed by atoms with E-state index in [9.17, 15) is 24.3 Å². The minimum absolute atomic E-state index is 0.0587. The number of imidazole rings is 2. The van der Waals surface area contributed by atoms with E-state index in [4.69, 9.17) is 24.2 Å². The molecule has 0 bridgehead atoms. The highest BCUT2D eigenvalue weighted by Gasteiger charge is 2.44. The number of methoxy groups -OCH3 is 2. The molecule has 0 radical (unpaired) electrons. The molecule has 322 valence electrons. The zero-order valence-corrected chi connectivity index (χ0v) is 35.8. The second-order valence-corrected chi connectivity index (χ2v) is 17.0. The van der Waals surface area contributed by atoms with Crippen molar-refractivity contribution in [3.8, 4) is 28.1 Å². The Morgan fingerprint density at radius 3 is 2.28 bits per heavy atom. The number of nitrogens with zero attached hydrogens (tertiary/aromatic N) is 5. The summed E-state index contributed by atoms with van der Waals surface area (Å²) in [6.45, 7) is 9.83. The molecule has 0 aliphatic carbocycles. The summed E-state index contributed by atoms with van der Waals surface area (Å²) in [7, 11) is 4.21. The van der Waals surface area contributed by atoms with E-state index in [1.807, 2.05) is 38.7 Å². The summed E-state index contributed by atoms with van der Waals surface area (Å²) in [5, 5.41) is 14.3. The molecular formula is C45H54N8O8. The largest absolute Gasteiger partial charge is 0.488 e. The van der Waals surface area contributed by atoms with Gasteiger partial charge in [0.25, 0.3) is 0 Å². The normalized spacial score (nSPS) is 21.2. The molecule has 3 aromatic carbocycles. The maximum absolute atomic E-state index is 14.0. The number of likely N-dealkylation sites (tertiary alicyclic amines) is 2. The van der Waals surface area contributed by atoms with Gasteiger partial charge in [0.2, 0.25) is 11.8 Å². The number of fused-ring (bicyclic) bond motifs is 6. The number of ether oxygens (including phenoxy) is 3. The van der Waals surface area contributed by atoms with Crippen LogP contribution in [-0.4, -0.2) is 115 Å². The first-order valence-corrected chi connectivity index (χ1v) is 21.0. The minimum atomic E-state index is -1.13. The Morgan fingerprint density at radius 2 is 1.61 bits per heavy atom. The van der Waals surface area contributed by atoms with Crippen molar-refractivity contribution in [2.45, 2.75) is 109 Å². The summed E-state index contributed by atoms with van der Waals surface area (Å²) >= 11 is 0. The lowest BCUT2D eigenvalue weighted by Gasteiger charge is -2.36. The first-order chi connectivity index (χ1) is 29.2. The highest BCUT2D eigenvalue weighted by atomic mass is 16.5. The molecule has 0 saturated carbocycles. The number of hydrogen-bond donors (Lipinski definition) is 4. The molecule has 2 saturated heterocycles. The fourth-order valence-electron chi connectivity index (χ4n) is 9.57. The number of aromatic amines is 2. The van der Waals surface area contributed by atoms with Crippen molar-refractivity contribution < 1.29 is 38.5 Å². The number of benzene rings is 3. The summed E-state index contributed by atoms with van der Waals surface area (Å²) in [5.41, 5.74) is 6.44. The number of carbonyl (C=O) groups is 4. The molecule has 7 atom stereocenters. The van der Waals surface area contributed by atoms with Crippen molar-refractivity contribution in [2.75, 3.05) is 21.3 Å². The second kappa shape index (κ2) is 16.4. The lowest BCUT2D eigenvalue weighted by Crippen LogP contribution is -2.55. The Balaban J connectivity index is 1.05. The molecule has 3 aliphatic rings. The van der Waals surface area contributed by atoms with E-state index in [0.717, 1.165) is 79.7 Å². The second-order valence-electron chi connectivity index (χ2n) is 17.0. The van der Waals surface area contributed by atoms with Crippen molar-refractivity contribution >= 4 is 45.8 Å². The molecule has 3 aliphatic heterocycles. The quantitative estimate of drug-likeness (QED) is 0.112. The molecule has 5 aromatic rings. The van der Waals surface area contributed by atoms with E-state index in [1.54, 1.807) is 18.0 Å². The van der Waals surface area contributed by atoms with Crippen LogP contribution >= 0.6 is 0 Å². The third-order valence-electron chi connectivity index (χ3n) is 12.9. The van der Waals surface area contributed by atoms with Crippen LogP contribution in [0.5, 0.6) is 5.75 Å². The maximum Gasteiger partial charge on any atom is 0.407 e. The fraction of sp³-hybridized carbons (Fsp3) is 0.467. The number of amides is 4. The van der Waals surface area contributed by atoms with Gasteiger partial charge in [-0.3, -0.25) is 14.5 Å². The van der Waals surface area contributed by atoms with Gasteiger partial charge in [0.1, 0.15) is 36.1 Å². The van der Waals surface area contributed by atoms with E-state index < -0.39 is 30.4 Å². The Kier molecular flexibility index (Phi) is 11.2. The van der Waals surface area contributed by atoms with E-state index in [-0.39, 0.29) is 41.9 Å². The van der Waals surface area contributed by atoms with Gasteiger partial charge in [-0.25, -0.2) is 19.6 Å². The van der Waals surface area contributed by atoms with Crippen molar-refractivity contribution in [1.82, 2.24) is 40.0 Å². The average Bonchev–Trinajstić information content (AvgIpc) is 4.07. The number of rotatable bonds is 10. The van der Waals surface area contributed by atoms with Gasteiger partial charge < -0.3 is 44.4 Å². The lowest BCUT2D eigenvalue weighted by atomic mass is 9.92. The van der Waals surface area contributed by atoms with E-state index >= 15 is 0 Å². The van der Waals surface area contributed by atoms with E-state index in [0.29, 0.717) is 24.7 Å². The van der Waals surface area contributed by atoms with Crippen molar-refractivity contribution in [3.05, 3.63) is 65.9 Å². The SMILES string of the molecule is COC(=O)N[C@H](C(=O)N1[C@@H](C)CC[C@H]1c1nc2ccc3cc4c(cc3c2[nH]1)OCc1cc(-c2cnc([C@@H]3CC[C@H](C)N3C(=O)[C@H](C(C)C)N(C)C(=O)O)[nH]2)ccc1-4)[C@H](C)OC. The molecule has 4 amide bonds. The van der Waals surface area contributed by atoms with Gasteiger partial charge in [-0.05, 0) is 98.7 Å². The highest BCUT2D eigenvalue weighted by Crippen LogP contribution is 2.44. The lowest BCUT2D eigenvalue weighted by molar-refractivity contribution is -0.141. The van der Waals surface area contributed by atoms with Gasteiger partial charge in [-0.15, -0.1) is 0 Å². The zero-order chi connectivity index (χ0) is 43.4. The van der Waals surface area contributed by atoms with Crippen LogP contribution in [0.4, 0.5) is 9.59 Å². The smallest absolute Gasteiger partial charge is 0.407 e.